The summed E-state index contributed by atoms with van der Waals surface area (Å²) in [5.74, 6) is -1.61. The van der Waals surface area contributed by atoms with E-state index in [0.717, 1.165) is 0 Å². The fourth-order valence-electron chi connectivity index (χ4n) is 3.21. The summed E-state index contributed by atoms with van der Waals surface area (Å²) in [7, 11) is 1.49. The predicted octanol–water partition coefficient (Wildman–Crippen LogP) is 0.115. The number of cyclic esters (lactones) is 1. The number of carbonyl (C=O) groups is 4. The first-order chi connectivity index (χ1) is 14.4. The summed E-state index contributed by atoms with van der Waals surface area (Å²) in [5.41, 5.74) is 0.338. The van der Waals surface area contributed by atoms with Crippen LogP contribution in [0.1, 0.15) is 23.2 Å². The van der Waals surface area contributed by atoms with Crippen LogP contribution >= 0.6 is 0 Å². The molecule has 2 unspecified atom stereocenters. The topological polar surface area (TPSA) is 125 Å². The Morgan fingerprint density at radius 1 is 1.33 bits per heavy atom. The van der Waals surface area contributed by atoms with Crippen LogP contribution in [0, 0.1) is 0 Å². The molecule has 0 aliphatic carbocycles. The molecule has 3 amide bonds. The maximum absolute atomic E-state index is 12.9. The second-order valence-electron chi connectivity index (χ2n) is 6.96. The van der Waals surface area contributed by atoms with Crippen LogP contribution in [0.2, 0.25) is 0 Å². The number of hydroxylamine groups is 2. The monoisotopic (exact) mass is 417 g/mol. The second kappa shape index (κ2) is 9.40. The van der Waals surface area contributed by atoms with E-state index in [1.54, 1.807) is 36.4 Å². The van der Waals surface area contributed by atoms with Crippen LogP contribution in [0.5, 0.6) is 5.75 Å². The van der Waals surface area contributed by atoms with Gasteiger partial charge in [0.15, 0.2) is 0 Å². The molecular formula is C20H23N3O7. The minimum atomic E-state index is -0.862. The van der Waals surface area contributed by atoms with Crippen LogP contribution in [0.25, 0.3) is 0 Å². The predicted molar refractivity (Wildman–Crippen MR) is 103 cm³/mol. The lowest BCUT2D eigenvalue weighted by molar-refractivity contribution is -0.177. The van der Waals surface area contributed by atoms with Crippen molar-refractivity contribution >= 4 is 23.7 Å². The molecule has 0 spiro atoms. The van der Waals surface area contributed by atoms with E-state index in [1.165, 1.54) is 12.0 Å². The Labute approximate surface area is 173 Å². The van der Waals surface area contributed by atoms with Crippen molar-refractivity contribution < 1.29 is 33.9 Å². The minimum absolute atomic E-state index is 0.0891. The number of ether oxygens (including phenoxy) is 2. The van der Waals surface area contributed by atoms with Crippen LogP contribution in [-0.2, 0) is 19.1 Å². The highest BCUT2D eigenvalue weighted by molar-refractivity contribution is 5.98. The number of carbonyl (C=O) groups excluding carboxylic acids is 4. The summed E-state index contributed by atoms with van der Waals surface area (Å²) in [5, 5.41) is 13.2. The Hall–Kier alpha value is -3.40. The molecule has 0 bridgehead atoms. The third-order valence-corrected chi connectivity index (χ3v) is 4.88. The molecule has 0 saturated carbocycles. The molecule has 0 radical (unpaired) electrons. The van der Waals surface area contributed by atoms with E-state index >= 15 is 0 Å². The van der Waals surface area contributed by atoms with Gasteiger partial charge in [-0.3, -0.25) is 24.4 Å². The van der Waals surface area contributed by atoms with Gasteiger partial charge in [-0.15, -0.1) is 0 Å². The van der Waals surface area contributed by atoms with Gasteiger partial charge in [-0.2, -0.15) is 0 Å². The van der Waals surface area contributed by atoms with E-state index in [0.29, 0.717) is 16.4 Å². The van der Waals surface area contributed by atoms with Gasteiger partial charge in [-0.05, 0) is 24.6 Å². The zero-order valence-electron chi connectivity index (χ0n) is 16.4. The van der Waals surface area contributed by atoms with Gasteiger partial charge < -0.3 is 19.7 Å². The smallest absolute Gasteiger partial charge is 0.308 e. The van der Waals surface area contributed by atoms with Gasteiger partial charge in [0.05, 0.1) is 13.5 Å². The average molecular weight is 417 g/mol. The first kappa shape index (κ1) is 21.3. The summed E-state index contributed by atoms with van der Waals surface area (Å²) < 4.78 is 9.85. The number of benzene rings is 1. The molecule has 0 aromatic heterocycles. The lowest BCUT2D eigenvalue weighted by Gasteiger charge is -2.27. The Morgan fingerprint density at radius 2 is 2.13 bits per heavy atom. The number of amides is 3. The Bertz CT molecular complexity index is 870. The maximum atomic E-state index is 12.9. The van der Waals surface area contributed by atoms with Crippen LogP contribution in [-0.4, -0.2) is 77.8 Å². The first-order valence-corrected chi connectivity index (χ1v) is 9.44. The molecule has 10 nitrogen and oxygen atoms in total. The molecule has 2 aliphatic heterocycles. The molecule has 10 heteroatoms. The van der Waals surface area contributed by atoms with Crippen molar-refractivity contribution in [1.29, 1.82) is 0 Å². The highest BCUT2D eigenvalue weighted by Gasteiger charge is 2.34. The summed E-state index contributed by atoms with van der Waals surface area (Å²) in [6.45, 7) is -0.325. The molecule has 1 aromatic carbocycles. The van der Waals surface area contributed by atoms with Gasteiger partial charge in [0, 0.05) is 12.1 Å². The number of esters is 1. The summed E-state index contributed by atoms with van der Waals surface area (Å²) >= 11 is 0. The number of hydrogen-bond acceptors (Lipinski definition) is 7. The largest absolute Gasteiger partial charge is 0.497 e. The average Bonchev–Trinajstić information content (AvgIpc) is 3.12. The number of rotatable bonds is 6. The first-order valence-electron chi connectivity index (χ1n) is 9.44. The summed E-state index contributed by atoms with van der Waals surface area (Å²) in [6.07, 6.45) is 3.63. The van der Waals surface area contributed by atoms with Crippen LogP contribution in [0.4, 0.5) is 0 Å². The van der Waals surface area contributed by atoms with Crippen LogP contribution in [0.15, 0.2) is 36.4 Å². The van der Waals surface area contributed by atoms with Gasteiger partial charge in [0.25, 0.3) is 11.8 Å². The van der Waals surface area contributed by atoms with Crippen molar-refractivity contribution in [3.05, 3.63) is 42.0 Å². The van der Waals surface area contributed by atoms with E-state index in [2.05, 4.69) is 5.32 Å². The molecule has 3 rings (SSSR count). The van der Waals surface area contributed by atoms with Gasteiger partial charge >= 0.3 is 5.97 Å². The Morgan fingerprint density at radius 3 is 2.83 bits per heavy atom. The van der Waals surface area contributed by atoms with Crippen molar-refractivity contribution in [2.24, 2.45) is 0 Å². The zero-order valence-corrected chi connectivity index (χ0v) is 16.4. The van der Waals surface area contributed by atoms with Gasteiger partial charge in [-0.1, -0.05) is 18.2 Å². The van der Waals surface area contributed by atoms with E-state index in [1.807, 2.05) is 0 Å². The van der Waals surface area contributed by atoms with Gasteiger partial charge in [-0.25, -0.2) is 5.06 Å². The van der Waals surface area contributed by atoms with Crippen molar-refractivity contribution in [2.75, 3.05) is 26.8 Å². The second-order valence-corrected chi connectivity index (χ2v) is 6.96. The van der Waals surface area contributed by atoms with E-state index in [4.69, 9.17) is 9.47 Å². The molecule has 1 saturated heterocycles. The van der Waals surface area contributed by atoms with Crippen molar-refractivity contribution in [1.82, 2.24) is 15.3 Å². The third kappa shape index (κ3) is 4.95. The van der Waals surface area contributed by atoms with Crippen molar-refractivity contribution in [2.45, 2.75) is 24.9 Å². The number of hydrogen-bond donors (Lipinski definition) is 2. The number of nitrogens with zero attached hydrogens (tertiary/aromatic N) is 2. The third-order valence-electron chi connectivity index (χ3n) is 4.88. The normalized spacial score (nSPS) is 21.1. The standard InChI is InChI=1S/C20H23N3O7/c1-29-15-6-4-5-13(9-15)19(26)21-16-7-2-3-8-22(20(16)27)11-17(24)23(28)14-10-18(25)30-12-14/h2-6,9,14,16,28H,7-8,10-12H2,1H3,(H,21,26). The van der Waals surface area contributed by atoms with Crippen molar-refractivity contribution in [3.63, 3.8) is 0 Å². The molecule has 2 aliphatic rings. The van der Waals surface area contributed by atoms with Crippen LogP contribution < -0.4 is 10.1 Å². The van der Waals surface area contributed by atoms with Gasteiger partial charge in [0.2, 0.25) is 5.91 Å². The molecule has 160 valence electrons. The lowest BCUT2D eigenvalue weighted by atomic mass is 10.1. The van der Waals surface area contributed by atoms with Crippen LogP contribution in [0.3, 0.4) is 0 Å². The van der Waals surface area contributed by atoms with E-state index in [9.17, 15) is 24.4 Å². The van der Waals surface area contributed by atoms with Gasteiger partial charge in [0.1, 0.15) is 31.0 Å². The molecule has 1 aromatic rings. The molecule has 2 atom stereocenters. The Balaban J connectivity index is 1.64. The summed E-state index contributed by atoms with van der Waals surface area (Å²) in [4.78, 5) is 50.2. The molecule has 2 heterocycles. The summed E-state index contributed by atoms with van der Waals surface area (Å²) in [6, 6.07) is 4.89. The molecule has 1 fully saturated rings. The highest BCUT2D eigenvalue weighted by atomic mass is 16.6. The molecule has 2 N–H and O–H groups in total. The highest BCUT2D eigenvalue weighted by Crippen LogP contribution is 2.15. The van der Waals surface area contributed by atoms with E-state index in [-0.39, 0.29) is 26.0 Å². The lowest BCUT2D eigenvalue weighted by Crippen LogP contribution is -2.51. The fraction of sp³-hybridized carbons (Fsp3) is 0.400. The number of nitrogens with one attached hydrogen (secondary N) is 1. The number of methoxy groups -OCH3 is 1. The SMILES string of the molecule is COc1cccc(C(=O)NC2CC=CCN(CC(=O)N(O)C3COC(=O)C3)C2=O)c1. The molecular weight excluding hydrogens is 394 g/mol. The molecule has 30 heavy (non-hydrogen) atoms. The zero-order chi connectivity index (χ0) is 21.7. The van der Waals surface area contributed by atoms with Crippen molar-refractivity contribution in [3.8, 4) is 5.75 Å². The minimum Gasteiger partial charge on any atom is -0.497 e. The maximum Gasteiger partial charge on any atom is 0.308 e. The fourth-order valence-corrected chi connectivity index (χ4v) is 3.21. The quantitative estimate of drug-likeness (QED) is 0.291. The Kier molecular flexibility index (Phi) is 6.68. The van der Waals surface area contributed by atoms with E-state index < -0.39 is 42.3 Å².